The molecule has 0 aliphatic carbocycles. The van der Waals surface area contributed by atoms with Gasteiger partial charge >= 0.3 is 12.3 Å². The Morgan fingerprint density at radius 2 is 1.95 bits per heavy atom. The molecule has 1 rings (SSSR count). The third kappa shape index (κ3) is 5.04. The van der Waals surface area contributed by atoms with Crippen molar-refractivity contribution in [2.75, 3.05) is 6.61 Å². The average Bonchev–Trinajstić information content (AvgIpc) is 2.35. The number of alkyl halides is 4. The summed E-state index contributed by atoms with van der Waals surface area (Å²) >= 11 is 3.04. The van der Waals surface area contributed by atoms with E-state index in [-0.39, 0.29) is 23.5 Å². The fourth-order valence-electron chi connectivity index (χ4n) is 1.56. The third-order valence-corrected chi connectivity index (χ3v) is 3.52. The van der Waals surface area contributed by atoms with Crippen molar-refractivity contribution in [2.45, 2.75) is 25.0 Å². The molecule has 4 nitrogen and oxygen atoms in total. The highest BCUT2D eigenvalue weighted by molar-refractivity contribution is 9.09. The summed E-state index contributed by atoms with van der Waals surface area (Å²) in [4.78, 5) is 22.2. The molecule has 0 bridgehead atoms. The molecule has 0 aliphatic rings. The van der Waals surface area contributed by atoms with Gasteiger partial charge in [0, 0.05) is 0 Å². The van der Waals surface area contributed by atoms with E-state index in [1.807, 2.05) is 0 Å². The molecule has 0 saturated heterocycles. The zero-order chi connectivity index (χ0) is 16.2. The molecular weight excluding hydrogens is 357 g/mol. The lowest BCUT2D eigenvalue weighted by Crippen LogP contribution is -2.18. The number of halogens is 4. The van der Waals surface area contributed by atoms with E-state index in [0.717, 1.165) is 18.2 Å². The van der Waals surface area contributed by atoms with Crippen LogP contribution in [0.4, 0.5) is 13.2 Å². The zero-order valence-electron chi connectivity index (χ0n) is 11.2. The van der Waals surface area contributed by atoms with Gasteiger partial charge in [0.1, 0.15) is 11.5 Å². The van der Waals surface area contributed by atoms with Gasteiger partial charge in [0.25, 0.3) is 0 Å². The molecule has 0 heterocycles. The van der Waals surface area contributed by atoms with Gasteiger partial charge in [-0.25, -0.2) is 4.79 Å². The molecule has 1 atom stereocenters. The second-order valence-corrected chi connectivity index (χ2v) is 4.91. The van der Waals surface area contributed by atoms with Crippen LogP contribution >= 0.6 is 15.9 Å². The molecular formula is C13H12BrF3O4. The Morgan fingerprint density at radius 3 is 2.43 bits per heavy atom. The summed E-state index contributed by atoms with van der Waals surface area (Å²) in [6.45, 7) is 2.94. The van der Waals surface area contributed by atoms with Crippen LogP contribution in [0, 0.1) is 0 Å². The highest BCUT2D eigenvalue weighted by atomic mass is 79.9. The first-order valence-electron chi connectivity index (χ1n) is 5.87. The predicted molar refractivity (Wildman–Crippen MR) is 71.4 cm³/mol. The minimum absolute atomic E-state index is 0.00319. The highest BCUT2D eigenvalue weighted by Gasteiger charge is 2.32. The molecule has 0 fully saturated rings. The van der Waals surface area contributed by atoms with Crippen LogP contribution in [0.2, 0.25) is 0 Å². The molecule has 8 heteroatoms. The molecule has 1 aromatic rings. The molecule has 0 saturated carbocycles. The monoisotopic (exact) mass is 368 g/mol. The minimum Gasteiger partial charge on any atom is -0.462 e. The third-order valence-electron chi connectivity index (χ3n) is 2.38. The number of carbonyl (C=O) groups is 2. The van der Waals surface area contributed by atoms with Crippen LogP contribution in [0.25, 0.3) is 0 Å². The molecule has 21 heavy (non-hydrogen) atoms. The van der Waals surface area contributed by atoms with Gasteiger partial charge in [-0.15, -0.1) is 13.2 Å². The molecule has 0 radical (unpaired) electrons. The maximum Gasteiger partial charge on any atom is 0.573 e. The summed E-state index contributed by atoms with van der Waals surface area (Å²) in [7, 11) is 0. The number of hydrogen-bond acceptors (Lipinski definition) is 4. The van der Waals surface area contributed by atoms with Crippen LogP contribution in [0.15, 0.2) is 18.2 Å². The van der Waals surface area contributed by atoms with Crippen molar-refractivity contribution >= 4 is 27.7 Å². The van der Waals surface area contributed by atoms with Gasteiger partial charge in [-0.2, -0.15) is 0 Å². The smallest absolute Gasteiger partial charge is 0.462 e. The number of ether oxygens (including phenoxy) is 2. The second kappa shape index (κ2) is 6.93. The van der Waals surface area contributed by atoms with Crippen LogP contribution < -0.4 is 4.74 Å². The van der Waals surface area contributed by atoms with Crippen molar-refractivity contribution in [1.29, 1.82) is 0 Å². The molecule has 0 amide bonds. The zero-order valence-corrected chi connectivity index (χ0v) is 12.7. The number of Topliss-reactive ketones (excluding diaryl/α,β-unsaturated/α-hetero) is 1. The topological polar surface area (TPSA) is 52.6 Å². The minimum atomic E-state index is -4.86. The SMILES string of the molecule is CCOC(=O)c1ccc(OC(F)(F)F)cc1C(Br)C(C)=O. The Hall–Kier alpha value is -1.57. The molecule has 116 valence electrons. The Labute approximate surface area is 127 Å². The lowest BCUT2D eigenvalue weighted by molar-refractivity contribution is -0.274. The van der Waals surface area contributed by atoms with Gasteiger partial charge in [-0.1, -0.05) is 15.9 Å². The van der Waals surface area contributed by atoms with Crippen molar-refractivity contribution in [3.8, 4) is 5.75 Å². The van der Waals surface area contributed by atoms with Gasteiger partial charge in [-0.05, 0) is 37.6 Å². The van der Waals surface area contributed by atoms with Crippen LogP contribution in [-0.4, -0.2) is 24.7 Å². The van der Waals surface area contributed by atoms with Gasteiger partial charge in [-0.3, -0.25) is 4.79 Å². The van der Waals surface area contributed by atoms with Crippen LogP contribution in [-0.2, 0) is 9.53 Å². The van der Waals surface area contributed by atoms with Crippen molar-refractivity contribution in [2.24, 2.45) is 0 Å². The average molecular weight is 369 g/mol. The van der Waals surface area contributed by atoms with E-state index in [1.165, 1.54) is 6.92 Å². The van der Waals surface area contributed by atoms with Crippen LogP contribution in [0.3, 0.4) is 0 Å². The first-order valence-corrected chi connectivity index (χ1v) is 6.78. The van der Waals surface area contributed by atoms with E-state index in [4.69, 9.17) is 4.74 Å². The van der Waals surface area contributed by atoms with Crippen LogP contribution in [0.5, 0.6) is 5.75 Å². The number of carbonyl (C=O) groups excluding carboxylic acids is 2. The van der Waals surface area contributed by atoms with E-state index in [0.29, 0.717) is 0 Å². The Morgan fingerprint density at radius 1 is 1.33 bits per heavy atom. The van der Waals surface area contributed by atoms with E-state index in [1.54, 1.807) is 6.92 Å². The summed E-state index contributed by atoms with van der Waals surface area (Å²) in [5.74, 6) is -1.61. The number of benzene rings is 1. The Bertz CT molecular complexity index is 543. The summed E-state index contributed by atoms with van der Waals surface area (Å²) < 4.78 is 45.2. The summed E-state index contributed by atoms with van der Waals surface area (Å²) in [6.07, 6.45) is -4.86. The quantitative estimate of drug-likeness (QED) is 0.586. The normalized spacial score (nSPS) is 12.7. The van der Waals surface area contributed by atoms with E-state index in [9.17, 15) is 22.8 Å². The second-order valence-electron chi connectivity index (χ2n) is 3.99. The fourth-order valence-corrected chi connectivity index (χ4v) is 1.94. The van der Waals surface area contributed by atoms with Gasteiger partial charge in [0.2, 0.25) is 0 Å². The fraction of sp³-hybridized carbons (Fsp3) is 0.385. The predicted octanol–water partition coefficient (Wildman–Crippen LogP) is 3.79. The van der Waals surface area contributed by atoms with Gasteiger partial charge in [0.15, 0.2) is 0 Å². The molecule has 0 spiro atoms. The number of ketones is 1. The van der Waals surface area contributed by atoms with Crippen molar-refractivity contribution in [3.63, 3.8) is 0 Å². The van der Waals surface area contributed by atoms with Crippen LogP contribution in [0.1, 0.15) is 34.6 Å². The standard InChI is InChI=1S/C13H12BrF3O4/c1-3-20-12(19)9-5-4-8(21-13(15,16)17)6-10(9)11(14)7(2)18/h4-6,11H,3H2,1-2H3. The highest BCUT2D eigenvalue weighted by Crippen LogP contribution is 2.32. The Balaban J connectivity index is 3.26. The molecule has 0 aliphatic heterocycles. The molecule has 0 N–H and O–H groups in total. The summed E-state index contributed by atoms with van der Waals surface area (Å²) in [5.41, 5.74) is 0.0612. The van der Waals surface area contributed by atoms with E-state index in [2.05, 4.69) is 20.7 Å². The first-order chi connectivity index (χ1) is 9.65. The van der Waals surface area contributed by atoms with Crippen molar-refractivity contribution < 1.29 is 32.2 Å². The van der Waals surface area contributed by atoms with E-state index >= 15 is 0 Å². The molecule has 1 unspecified atom stereocenters. The number of rotatable bonds is 5. The molecule has 0 aromatic heterocycles. The van der Waals surface area contributed by atoms with Gasteiger partial charge in [0.05, 0.1) is 17.0 Å². The maximum atomic E-state index is 12.2. The molecule has 1 aromatic carbocycles. The number of hydrogen-bond donors (Lipinski definition) is 0. The lowest BCUT2D eigenvalue weighted by atomic mass is 10.0. The maximum absolute atomic E-state index is 12.2. The lowest BCUT2D eigenvalue weighted by Gasteiger charge is -2.15. The summed E-state index contributed by atoms with van der Waals surface area (Å²) in [6, 6.07) is 3.11. The number of esters is 1. The van der Waals surface area contributed by atoms with Gasteiger partial charge < -0.3 is 9.47 Å². The van der Waals surface area contributed by atoms with Crippen molar-refractivity contribution in [1.82, 2.24) is 0 Å². The van der Waals surface area contributed by atoms with E-state index < -0.39 is 22.9 Å². The van der Waals surface area contributed by atoms with Crippen molar-refractivity contribution in [3.05, 3.63) is 29.3 Å². The largest absolute Gasteiger partial charge is 0.573 e. The Kier molecular flexibility index (Phi) is 5.77. The summed E-state index contributed by atoms with van der Waals surface area (Å²) in [5, 5.41) is 0. The first kappa shape index (κ1) is 17.5.